The van der Waals surface area contributed by atoms with Gasteiger partial charge in [-0.2, -0.15) is 0 Å². The van der Waals surface area contributed by atoms with Gasteiger partial charge in [-0.25, -0.2) is 4.39 Å². The molecule has 0 aliphatic carbocycles. The number of carbonyl (C=O) groups excluding carboxylic acids is 2. The van der Waals surface area contributed by atoms with E-state index < -0.39 is 11.7 Å². The number of benzene rings is 2. The van der Waals surface area contributed by atoms with Crippen molar-refractivity contribution in [3.8, 4) is 0 Å². The molecule has 0 radical (unpaired) electrons. The Hall–Kier alpha value is -2.40. The summed E-state index contributed by atoms with van der Waals surface area (Å²) in [6.45, 7) is 0.494. The zero-order valence-corrected chi connectivity index (χ0v) is 12.4. The molecule has 0 aliphatic rings. The van der Waals surface area contributed by atoms with Crippen LogP contribution in [0.15, 0.2) is 48.5 Å². The number of rotatable bonds is 5. The monoisotopic (exact) mass is 320 g/mol. The van der Waals surface area contributed by atoms with Gasteiger partial charge in [-0.3, -0.25) is 9.59 Å². The van der Waals surface area contributed by atoms with Gasteiger partial charge in [0, 0.05) is 29.2 Å². The van der Waals surface area contributed by atoms with Crippen LogP contribution in [-0.4, -0.2) is 24.9 Å². The largest absolute Gasteiger partial charge is 0.350 e. The molecule has 0 aromatic heterocycles. The fraction of sp³-hybridized carbons (Fsp3) is 0.125. The van der Waals surface area contributed by atoms with Gasteiger partial charge in [0.2, 0.25) is 0 Å². The molecule has 2 N–H and O–H groups in total. The summed E-state index contributed by atoms with van der Waals surface area (Å²) in [5.74, 6) is -1.14. The van der Waals surface area contributed by atoms with Crippen LogP contribution in [0.3, 0.4) is 0 Å². The maximum absolute atomic E-state index is 13.0. The maximum atomic E-state index is 13.0. The number of amides is 2. The Morgan fingerprint density at radius 2 is 1.45 bits per heavy atom. The van der Waals surface area contributed by atoms with E-state index in [1.165, 1.54) is 18.2 Å². The molecule has 0 aliphatic heterocycles. The molecule has 0 atom stereocenters. The zero-order chi connectivity index (χ0) is 15.9. The average molecular weight is 321 g/mol. The van der Waals surface area contributed by atoms with E-state index >= 15 is 0 Å². The number of carbonyl (C=O) groups is 2. The van der Waals surface area contributed by atoms with E-state index in [4.69, 9.17) is 11.6 Å². The lowest BCUT2D eigenvalue weighted by atomic mass is 10.2. The molecule has 2 aromatic carbocycles. The van der Waals surface area contributed by atoms with Gasteiger partial charge < -0.3 is 10.6 Å². The van der Waals surface area contributed by atoms with E-state index in [2.05, 4.69) is 10.6 Å². The minimum atomic E-state index is -0.470. The smallest absolute Gasteiger partial charge is 0.251 e. The van der Waals surface area contributed by atoms with E-state index in [0.717, 1.165) is 6.07 Å². The third kappa shape index (κ3) is 4.56. The number of nitrogens with one attached hydrogen (secondary N) is 2. The minimum Gasteiger partial charge on any atom is -0.350 e. The highest BCUT2D eigenvalue weighted by molar-refractivity contribution is 6.30. The first-order valence-corrected chi connectivity index (χ1v) is 7.01. The van der Waals surface area contributed by atoms with Gasteiger partial charge in [0.25, 0.3) is 11.8 Å². The van der Waals surface area contributed by atoms with Crippen LogP contribution < -0.4 is 10.6 Å². The molecular formula is C16H14ClFN2O2. The van der Waals surface area contributed by atoms with Crippen molar-refractivity contribution >= 4 is 23.4 Å². The predicted octanol–water partition coefficient (Wildman–Crippen LogP) is 2.64. The predicted molar refractivity (Wildman–Crippen MR) is 82.5 cm³/mol. The van der Waals surface area contributed by atoms with Gasteiger partial charge in [0.1, 0.15) is 5.82 Å². The molecule has 6 heteroatoms. The van der Waals surface area contributed by atoms with Gasteiger partial charge in [0.15, 0.2) is 0 Å². The molecular weight excluding hydrogens is 307 g/mol. The van der Waals surface area contributed by atoms with Crippen molar-refractivity contribution < 1.29 is 14.0 Å². The molecule has 0 bridgehead atoms. The van der Waals surface area contributed by atoms with Crippen molar-refractivity contribution in [1.29, 1.82) is 0 Å². The molecule has 0 saturated carbocycles. The highest BCUT2D eigenvalue weighted by Gasteiger charge is 2.07. The average Bonchev–Trinajstić information content (AvgIpc) is 2.51. The molecule has 0 fully saturated rings. The highest BCUT2D eigenvalue weighted by Crippen LogP contribution is 2.10. The second-order valence-corrected chi connectivity index (χ2v) is 4.97. The van der Waals surface area contributed by atoms with Crippen molar-refractivity contribution in [2.24, 2.45) is 0 Å². The third-order valence-electron chi connectivity index (χ3n) is 2.87. The molecule has 0 saturated heterocycles. The Balaban J connectivity index is 1.77. The van der Waals surface area contributed by atoms with Gasteiger partial charge >= 0.3 is 0 Å². The standard InChI is InChI=1S/C16H14ClFN2O2/c17-13-5-1-3-11(9-13)15(21)19-7-8-20-16(22)12-4-2-6-14(18)10-12/h1-6,9-10H,7-8H2,(H,19,21)(H,20,22). The summed E-state index contributed by atoms with van der Waals surface area (Å²) in [5, 5.41) is 5.73. The molecule has 0 heterocycles. The summed E-state index contributed by atoms with van der Waals surface area (Å²) in [5.41, 5.74) is 0.685. The lowest BCUT2D eigenvalue weighted by Gasteiger charge is -2.07. The van der Waals surface area contributed by atoms with Crippen molar-refractivity contribution in [1.82, 2.24) is 10.6 Å². The van der Waals surface area contributed by atoms with Crippen LogP contribution in [-0.2, 0) is 0 Å². The van der Waals surface area contributed by atoms with Crippen LogP contribution in [0.4, 0.5) is 4.39 Å². The fourth-order valence-electron chi connectivity index (χ4n) is 1.82. The molecule has 0 unspecified atom stereocenters. The molecule has 2 amide bonds. The minimum absolute atomic E-state index is 0.237. The number of hydrogen-bond acceptors (Lipinski definition) is 2. The van der Waals surface area contributed by atoms with Gasteiger partial charge in [-0.1, -0.05) is 23.7 Å². The van der Waals surface area contributed by atoms with Crippen LogP contribution >= 0.6 is 11.6 Å². The second kappa shape index (κ2) is 7.56. The lowest BCUT2D eigenvalue weighted by molar-refractivity contribution is 0.0927. The van der Waals surface area contributed by atoms with E-state index in [9.17, 15) is 14.0 Å². The quantitative estimate of drug-likeness (QED) is 0.832. The van der Waals surface area contributed by atoms with Crippen molar-refractivity contribution in [3.05, 3.63) is 70.5 Å². The van der Waals surface area contributed by atoms with E-state index in [1.54, 1.807) is 24.3 Å². The van der Waals surface area contributed by atoms with E-state index in [0.29, 0.717) is 10.6 Å². The Morgan fingerprint density at radius 3 is 2.00 bits per heavy atom. The first-order chi connectivity index (χ1) is 10.6. The second-order valence-electron chi connectivity index (χ2n) is 4.53. The van der Waals surface area contributed by atoms with E-state index in [1.807, 2.05) is 0 Å². The van der Waals surface area contributed by atoms with Gasteiger partial charge in [0.05, 0.1) is 0 Å². The summed E-state index contributed by atoms with van der Waals surface area (Å²) in [4.78, 5) is 23.6. The number of halogens is 2. The van der Waals surface area contributed by atoms with Crippen molar-refractivity contribution in [2.45, 2.75) is 0 Å². The summed E-state index contributed by atoms with van der Waals surface area (Å²) >= 11 is 5.80. The SMILES string of the molecule is O=C(NCCNC(=O)c1cccc(Cl)c1)c1cccc(F)c1. The molecule has 2 aromatic rings. The molecule has 22 heavy (non-hydrogen) atoms. The Morgan fingerprint density at radius 1 is 0.909 bits per heavy atom. The third-order valence-corrected chi connectivity index (χ3v) is 3.10. The first kappa shape index (κ1) is 16.0. The van der Waals surface area contributed by atoms with Gasteiger partial charge in [-0.15, -0.1) is 0 Å². The summed E-state index contributed by atoms with van der Waals surface area (Å²) < 4.78 is 13.0. The van der Waals surface area contributed by atoms with Crippen LogP contribution in [0.5, 0.6) is 0 Å². The Kier molecular flexibility index (Phi) is 5.49. The fourth-order valence-corrected chi connectivity index (χ4v) is 2.01. The maximum Gasteiger partial charge on any atom is 0.251 e. The Labute approximate surface area is 132 Å². The summed E-state index contributed by atoms with van der Waals surface area (Å²) in [7, 11) is 0. The lowest BCUT2D eigenvalue weighted by Crippen LogP contribution is -2.34. The summed E-state index contributed by atoms with van der Waals surface area (Å²) in [6.07, 6.45) is 0. The van der Waals surface area contributed by atoms with Crippen LogP contribution in [0.2, 0.25) is 5.02 Å². The zero-order valence-electron chi connectivity index (χ0n) is 11.6. The van der Waals surface area contributed by atoms with E-state index in [-0.39, 0.29) is 24.6 Å². The first-order valence-electron chi connectivity index (χ1n) is 6.64. The van der Waals surface area contributed by atoms with Crippen LogP contribution in [0.25, 0.3) is 0 Å². The van der Waals surface area contributed by atoms with Gasteiger partial charge in [-0.05, 0) is 36.4 Å². The normalized spacial score (nSPS) is 10.1. The van der Waals surface area contributed by atoms with Crippen LogP contribution in [0, 0.1) is 5.82 Å². The van der Waals surface area contributed by atoms with Crippen molar-refractivity contribution in [2.75, 3.05) is 13.1 Å². The molecule has 0 spiro atoms. The molecule has 4 nitrogen and oxygen atoms in total. The molecule has 114 valence electrons. The molecule has 2 rings (SSSR count). The number of hydrogen-bond donors (Lipinski definition) is 2. The highest BCUT2D eigenvalue weighted by atomic mass is 35.5. The van der Waals surface area contributed by atoms with Crippen molar-refractivity contribution in [3.63, 3.8) is 0 Å². The topological polar surface area (TPSA) is 58.2 Å². The summed E-state index contributed by atoms with van der Waals surface area (Å²) in [6, 6.07) is 12.0. The Bertz CT molecular complexity index is 632. The van der Waals surface area contributed by atoms with Crippen LogP contribution in [0.1, 0.15) is 20.7 Å².